The molecule has 20 heavy (non-hydrogen) atoms. The van der Waals surface area contributed by atoms with E-state index in [2.05, 4.69) is 16.6 Å². The van der Waals surface area contributed by atoms with Crippen LogP contribution in [0.25, 0.3) is 0 Å². The van der Waals surface area contributed by atoms with Crippen LogP contribution in [-0.2, 0) is 10.2 Å². The lowest BCUT2D eigenvalue weighted by atomic mass is 10.1. The first-order valence-electron chi connectivity index (χ1n) is 6.24. The molecule has 0 radical (unpaired) electrons. The van der Waals surface area contributed by atoms with Crippen LogP contribution >= 0.6 is 0 Å². The van der Waals surface area contributed by atoms with Crippen molar-refractivity contribution in [1.29, 1.82) is 0 Å². The van der Waals surface area contributed by atoms with E-state index in [1.807, 2.05) is 6.92 Å². The molecule has 0 amide bonds. The zero-order valence-corrected chi connectivity index (χ0v) is 13.0. The van der Waals surface area contributed by atoms with Crippen LogP contribution in [0.1, 0.15) is 25.0 Å². The molecule has 0 atom stereocenters. The lowest BCUT2D eigenvalue weighted by Crippen LogP contribution is -2.37. The molecule has 1 rings (SSSR count). The Labute approximate surface area is 120 Å². The Morgan fingerprint density at radius 2 is 2.05 bits per heavy atom. The summed E-state index contributed by atoms with van der Waals surface area (Å²) in [5.41, 5.74) is 2.06. The third-order valence-corrected chi connectivity index (χ3v) is 4.57. The van der Waals surface area contributed by atoms with Gasteiger partial charge in [0.1, 0.15) is 6.61 Å². The number of anilines is 1. The zero-order chi connectivity index (χ0) is 15.3. The minimum atomic E-state index is -3.58. The average Bonchev–Trinajstić information content (AvgIpc) is 2.38. The van der Waals surface area contributed by atoms with E-state index in [1.54, 1.807) is 32.0 Å². The second-order valence-electron chi connectivity index (χ2n) is 4.71. The fourth-order valence-electron chi connectivity index (χ4n) is 1.45. The average molecular weight is 296 g/mol. The third kappa shape index (κ3) is 4.23. The fraction of sp³-hybridized carbons (Fsp3) is 0.429. The number of rotatable bonds is 4. The second kappa shape index (κ2) is 6.75. The van der Waals surface area contributed by atoms with Gasteiger partial charge in [-0.2, -0.15) is 12.7 Å². The van der Waals surface area contributed by atoms with E-state index in [-0.39, 0.29) is 12.6 Å². The first-order valence-corrected chi connectivity index (χ1v) is 7.68. The summed E-state index contributed by atoms with van der Waals surface area (Å²) in [7, 11) is -2.06. The molecule has 0 heterocycles. The maximum atomic E-state index is 12.1. The number of nitrogens with zero attached hydrogens (tertiary/aromatic N) is 1. The predicted molar refractivity (Wildman–Crippen MR) is 80.6 cm³/mol. The van der Waals surface area contributed by atoms with Gasteiger partial charge in [-0.15, -0.1) is 0 Å². The largest absolute Gasteiger partial charge is 0.384 e. The maximum Gasteiger partial charge on any atom is 0.301 e. The predicted octanol–water partition coefficient (Wildman–Crippen LogP) is 1.34. The molecule has 0 bridgehead atoms. The summed E-state index contributed by atoms with van der Waals surface area (Å²) in [6.07, 6.45) is 0. The van der Waals surface area contributed by atoms with Crippen LogP contribution in [0.2, 0.25) is 0 Å². The first kappa shape index (κ1) is 16.5. The molecule has 110 valence electrons. The summed E-state index contributed by atoms with van der Waals surface area (Å²) in [4.78, 5) is 0. The van der Waals surface area contributed by atoms with E-state index in [1.165, 1.54) is 11.4 Å². The van der Waals surface area contributed by atoms with Gasteiger partial charge < -0.3 is 5.11 Å². The molecule has 0 aliphatic heterocycles. The highest BCUT2D eigenvalue weighted by atomic mass is 32.2. The zero-order valence-electron chi connectivity index (χ0n) is 12.1. The van der Waals surface area contributed by atoms with Crippen molar-refractivity contribution in [2.24, 2.45) is 0 Å². The van der Waals surface area contributed by atoms with Gasteiger partial charge in [-0.1, -0.05) is 17.9 Å². The Kier molecular flexibility index (Phi) is 5.57. The van der Waals surface area contributed by atoms with E-state index in [9.17, 15) is 8.42 Å². The van der Waals surface area contributed by atoms with Crippen LogP contribution in [0.15, 0.2) is 18.2 Å². The third-order valence-electron chi connectivity index (χ3n) is 2.89. The first-order chi connectivity index (χ1) is 9.27. The summed E-state index contributed by atoms with van der Waals surface area (Å²) in [5.74, 6) is 5.35. The van der Waals surface area contributed by atoms with Gasteiger partial charge in [0.05, 0.1) is 5.69 Å². The molecule has 1 aromatic rings. The van der Waals surface area contributed by atoms with Crippen molar-refractivity contribution in [2.45, 2.75) is 26.8 Å². The van der Waals surface area contributed by atoms with Gasteiger partial charge in [-0.3, -0.25) is 4.72 Å². The number of hydrogen-bond donors (Lipinski definition) is 2. The van der Waals surface area contributed by atoms with Gasteiger partial charge in [0.15, 0.2) is 0 Å². The van der Waals surface area contributed by atoms with Gasteiger partial charge >= 0.3 is 10.2 Å². The summed E-state index contributed by atoms with van der Waals surface area (Å²) >= 11 is 0. The molecule has 0 aliphatic carbocycles. The Morgan fingerprint density at radius 3 is 2.60 bits per heavy atom. The van der Waals surface area contributed by atoms with E-state index in [4.69, 9.17) is 5.11 Å². The van der Waals surface area contributed by atoms with E-state index >= 15 is 0 Å². The molecule has 0 aliphatic rings. The molecule has 0 spiro atoms. The van der Waals surface area contributed by atoms with Crippen molar-refractivity contribution in [2.75, 3.05) is 18.4 Å². The normalized spacial score (nSPS) is 11.3. The molecule has 0 saturated carbocycles. The van der Waals surface area contributed by atoms with Crippen LogP contribution in [0.4, 0.5) is 5.69 Å². The number of aliphatic hydroxyl groups excluding tert-OH is 1. The smallest absolute Gasteiger partial charge is 0.301 e. The Hall–Kier alpha value is -1.55. The fourth-order valence-corrected chi connectivity index (χ4v) is 2.58. The van der Waals surface area contributed by atoms with Gasteiger partial charge in [0.25, 0.3) is 0 Å². The Balaban J connectivity index is 3.05. The van der Waals surface area contributed by atoms with Crippen molar-refractivity contribution in [1.82, 2.24) is 4.31 Å². The molecule has 6 heteroatoms. The molecule has 2 N–H and O–H groups in total. The van der Waals surface area contributed by atoms with Gasteiger partial charge in [0, 0.05) is 18.7 Å². The van der Waals surface area contributed by atoms with Crippen LogP contribution in [-0.4, -0.2) is 37.5 Å². The van der Waals surface area contributed by atoms with Crippen molar-refractivity contribution in [3.05, 3.63) is 29.3 Å². The van der Waals surface area contributed by atoms with Crippen molar-refractivity contribution >= 4 is 15.9 Å². The highest BCUT2D eigenvalue weighted by Gasteiger charge is 2.20. The van der Waals surface area contributed by atoms with E-state index in [0.29, 0.717) is 11.3 Å². The monoisotopic (exact) mass is 296 g/mol. The van der Waals surface area contributed by atoms with Crippen LogP contribution in [0, 0.1) is 18.8 Å². The van der Waals surface area contributed by atoms with E-state index < -0.39 is 10.2 Å². The summed E-state index contributed by atoms with van der Waals surface area (Å²) in [5, 5.41) is 8.72. The standard InChI is InChI=1S/C14H20N2O3S/c1-11(2)16(4)20(18,19)15-14-8-7-12(3)13(10-14)6-5-9-17/h7-8,10-11,15,17H,9H2,1-4H3. The molecule has 5 nitrogen and oxygen atoms in total. The molecular weight excluding hydrogens is 276 g/mol. The molecular formula is C14H20N2O3S. The number of aryl methyl sites for hydroxylation is 1. The van der Waals surface area contributed by atoms with Crippen molar-refractivity contribution in [3.63, 3.8) is 0 Å². The van der Waals surface area contributed by atoms with Gasteiger partial charge in [-0.05, 0) is 38.5 Å². The number of benzene rings is 1. The lowest BCUT2D eigenvalue weighted by Gasteiger charge is -2.21. The minimum absolute atomic E-state index is 0.133. The molecule has 0 unspecified atom stereocenters. The highest BCUT2D eigenvalue weighted by Crippen LogP contribution is 2.17. The lowest BCUT2D eigenvalue weighted by molar-refractivity contribution is 0.350. The van der Waals surface area contributed by atoms with Crippen LogP contribution < -0.4 is 4.72 Å². The molecule has 0 aromatic heterocycles. The van der Waals surface area contributed by atoms with Crippen LogP contribution in [0.3, 0.4) is 0 Å². The van der Waals surface area contributed by atoms with E-state index in [0.717, 1.165) is 5.56 Å². The summed E-state index contributed by atoms with van der Waals surface area (Å²) < 4.78 is 27.9. The SMILES string of the molecule is Cc1ccc(NS(=O)(=O)N(C)C(C)C)cc1C#CCO. The quantitative estimate of drug-likeness (QED) is 0.824. The van der Waals surface area contributed by atoms with Gasteiger partial charge in [-0.25, -0.2) is 0 Å². The van der Waals surface area contributed by atoms with Crippen LogP contribution in [0.5, 0.6) is 0 Å². The van der Waals surface area contributed by atoms with Gasteiger partial charge in [0.2, 0.25) is 0 Å². The number of hydrogen-bond acceptors (Lipinski definition) is 3. The summed E-state index contributed by atoms with van der Waals surface area (Å²) in [6, 6.07) is 5.00. The maximum absolute atomic E-state index is 12.1. The summed E-state index contributed by atoms with van der Waals surface area (Å²) in [6.45, 7) is 5.24. The van der Waals surface area contributed by atoms with Crippen molar-refractivity contribution in [3.8, 4) is 11.8 Å². The topological polar surface area (TPSA) is 69.6 Å². The molecule has 1 aromatic carbocycles. The number of nitrogens with one attached hydrogen (secondary N) is 1. The number of aliphatic hydroxyl groups is 1. The molecule has 0 fully saturated rings. The minimum Gasteiger partial charge on any atom is -0.384 e. The highest BCUT2D eigenvalue weighted by molar-refractivity contribution is 7.90. The molecule has 0 saturated heterocycles. The second-order valence-corrected chi connectivity index (χ2v) is 6.44. The Bertz CT molecular complexity index is 628. The Morgan fingerprint density at radius 1 is 1.40 bits per heavy atom. The van der Waals surface area contributed by atoms with Crippen molar-refractivity contribution < 1.29 is 13.5 Å².